The number of carboxylic acids is 2. The largest absolute Gasteiger partial charge is 0.478 e. The van der Waals surface area contributed by atoms with E-state index in [1.807, 2.05) is 143 Å². The minimum Gasteiger partial charge on any atom is -0.478 e. The number of nitrogens with one attached hydrogen (secondary N) is 4. The highest BCUT2D eigenvalue weighted by Crippen LogP contribution is 2.36. The number of ether oxygens (including phenoxy) is 3. The molecule has 6 N–H and O–H groups in total. The molecule has 6 aromatic heterocycles. The van der Waals surface area contributed by atoms with Gasteiger partial charge in [-0.2, -0.15) is 0 Å². The van der Waals surface area contributed by atoms with Crippen molar-refractivity contribution in [3.05, 3.63) is 378 Å². The van der Waals surface area contributed by atoms with Crippen molar-refractivity contribution >= 4 is 181 Å². The molecular weight excluding hydrogens is 1700 g/mol. The molecule has 0 radical (unpaired) electrons. The molecule has 0 unspecified atom stereocenters. The number of hydrogen-bond acceptors (Lipinski definition) is 9. The summed E-state index contributed by atoms with van der Waals surface area (Å²) in [5.74, 6) is -2.86. The smallest absolute Gasteiger partial charge is 0.337 e. The van der Waals surface area contributed by atoms with Gasteiger partial charge in [-0.25, -0.2) is 24.0 Å². The van der Waals surface area contributed by atoms with Crippen LogP contribution in [-0.4, -0.2) is 90.9 Å². The normalized spacial score (nSPS) is 11.0. The molecule has 120 heavy (non-hydrogen) atoms. The Balaban J connectivity index is 0.000000130. The number of nitrogens with zero attached hydrogens (tertiary/aromatic N) is 2. The van der Waals surface area contributed by atoms with Crippen LogP contribution in [-0.2, 0) is 46.4 Å². The predicted octanol–water partition coefficient (Wildman–Crippen LogP) is 25.9. The molecule has 16 nitrogen and oxygen atoms in total. The molecule has 0 fully saturated rings. The van der Waals surface area contributed by atoms with Crippen molar-refractivity contribution in [2.45, 2.75) is 66.8 Å². The number of aromatic amines is 4. The highest BCUT2D eigenvalue weighted by atomic mass is 79.9. The van der Waals surface area contributed by atoms with Crippen molar-refractivity contribution in [3.8, 4) is 11.1 Å². The number of benzene rings is 11. The number of pyridine rings is 1. The molecule has 0 saturated heterocycles. The van der Waals surface area contributed by atoms with Crippen LogP contribution in [0.4, 0.5) is 0 Å². The summed E-state index contributed by atoms with van der Waals surface area (Å²) in [4.78, 5) is 75.6. The van der Waals surface area contributed by atoms with Crippen LogP contribution in [0.3, 0.4) is 0 Å². The fourth-order valence-corrected chi connectivity index (χ4v) is 16.7. The molecule has 0 spiro atoms. The quantitative estimate of drug-likeness (QED) is 0.0393. The Morgan fingerprint density at radius 3 is 1.44 bits per heavy atom. The molecule has 17 rings (SSSR count). The number of carbonyl (C=O) groups is 5. The van der Waals surface area contributed by atoms with Crippen molar-refractivity contribution in [1.82, 2.24) is 29.5 Å². The Morgan fingerprint density at radius 1 is 0.408 bits per heavy atom. The van der Waals surface area contributed by atoms with Gasteiger partial charge in [-0.05, 0) is 233 Å². The summed E-state index contributed by atoms with van der Waals surface area (Å²) < 4.78 is 17.5. The summed E-state index contributed by atoms with van der Waals surface area (Å²) in [7, 11) is 4.15. The third kappa shape index (κ3) is 19.7. The summed E-state index contributed by atoms with van der Waals surface area (Å²) in [5.41, 5.74) is 24.3. The van der Waals surface area contributed by atoms with Gasteiger partial charge in [-0.1, -0.05) is 185 Å². The third-order valence-electron chi connectivity index (χ3n) is 21.1. The van der Waals surface area contributed by atoms with E-state index >= 15 is 0 Å². The van der Waals surface area contributed by atoms with Crippen LogP contribution in [0.5, 0.6) is 0 Å². The monoisotopic (exact) mass is 1780 g/mol. The van der Waals surface area contributed by atoms with E-state index < -0.39 is 11.9 Å². The van der Waals surface area contributed by atoms with E-state index in [2.05, 4.69) is 107 Å². The number of aromatic nitrogens is 6. The number of rotatable bonds is 16. The topological polar surface area (TPSA) is 234 Å². The number of carboxylic acid groups (broad SMARTS) is 2. The van der Waals surface area contributed by atoms with Crippen molar-refractivity contribution in [2.24, 2.45) is 0 Å². The zero-order chi connectivity index (χ0) is 85.3. The average molecular weight is 1780 g/mol. The Bertz CT molecular complexity index is 6780. The van der Waals surface area contributed by atoms with Crippen molar-refractivity contribution in [3.63, 3.8) is 0 Å². The van der Waals surface area contributed by atoms with Gasteiger partial charge >= 0.3 is 29.8 Å². The highest BCUT2D eigenvalue weighted by molar-refractivity contribution is 9.10. The second-order valence-corrected chi connectivity index (χ2v) is 32.1. The van der Waals surface area contributed by atoms with Gasteiger partial charge in [0.15, 0.2) is 0 Å². The molecule has 11 aromatic carbocycles. The minimum atomic E-state index is -0.934. The molecule has 606 valence electrons. The number of fused-ring (bicyclic) bond motifs is 6. The summed E-state index contributed by atoms with van der Waals surface area (Å²) in [6.07, 6.45) is 6.72. The summed E-state index contributed by atoms with van der Waals surface area (Å²) in [5, 5.41) is 29.5. The maximum absolute atomic E-state index is 11.9. The minimum absolute atomic E-state index is 0.268. The first-order valence-electron chi connectivity index (χ1n) is 37.9. The maximum Gasteiger partial charge on any atom is 0.337 e. The zero-order valence-electron chi connectivity index (χ0n) is 66.3. The number of methoxy groups -OCH3 is 3. The molecule has 0 saturated carbocycles. The predicted molar refractivity (Wildman–Crippen MR) is 488 cm³/mol. The lowest BCUT2D eigenvalue weighted by molar-refractivity contribution is 0.0592. The number of aryl methyl sites for hydroxylation is 5. The lowest BCUT2D eigenvalue weighted by atomic mass is 9.98. The van der Waals surface area contributed by atoms with Crippen LogP contribution in [0.1, 0.15) is 130 Å². The Labute approximate surface area is 730 Å². The number of carbonyl (C=O) groups excluding carboxylic acids is 3. The number of aromatic carboxylic acids is 2. The second kappa shape index (κ2) is 38.0. The lowest BCUT2D eigenvalue weighted by Crippen LogP contribution is -2.02. The van der Waals surface area contributed by atoms with Crippen LogP contribution in [0.25, 0.3) is 76.4 Å². The summed E-state index contributed by atoms with van der Waals surface area (Å²) in [6.45, 7) is 10.7. The molecule has 0 atom stereocenters. The van der Waals surface area contributed by atoms with Gasteiger partial charge in [-0.3, -0.25) is 4.98 Å². The molecule has 0 aliphatic carbocycles. The zero-order valence-corrected chi connectivity index (χ0v) is 72.4. The van der Waals surface area contributed by atoms with Gasteiger partial charge in [0.25, 0.3) is 0 Å². The first kappa shape index (κ1) is 86.0. The fraction of sp³-hybridized carbons (Fsp3) is 0.134. The number of H-pyrrole nitrogens is 4. The Morgan fingerprint density at radius 2 is 0.858 bits per heavy atom. The van der Waals surface area contributed by atoms with E-state index in [1.165, 1.54) is 38.0 Å². The highest BCUT2D eigenvalue weighted by Gasteiger charge is 2.21. The molecule has 0 bridgehead atoms. The van der Waals surface area contributed by atoms with Crippen molar-refractivity contribution in [1.29, 1.82) is 0 Å². The van der Waals surface area contributed by atoms with E-state index in [4.69, 9.17) is 88.9 Å². The number of esters is 3. The van der Waals surface area contributed by atoms with Crippen LogP contribution in [0.2, 0.25) is 30.1 Å². The van der Waals surface area contributed by atoms with Crippen LogP contribution >= 0.6 is 85.5 Å². The SMILES string of the molecule is COC(=O)c1ccc2[nH]c(C)c(Cc3ncc4ccccc4c3Br)c2c1.COC(=O)c1ccc2c(C)c(Cc3ccc(Cl)cc3Cl)[nH]c2c1.COC(=O)c1ccc2c(C)cn(Cc3ccc(Cl)cc3Cl)c2c1.Cc1[nH]c2cc(C(=O)O)ccc2c1Cc1ccc(Cl)cc1Cl.Cc1[nH]c2ccc(C(=O)O)cc2c1Cc1ccc(-c2ccccc2)cc1. The lowest BCUT2D eigenvalue weighted by Gasteiger charge is -2.09. The van der Waals surface area contributed by atoms with Gasteiger partial charge in [0.05, 0.1) is 54.8 Å². The van der Waals surface area contributed by atoms with Crippen molar-refractivity contribution < 1.29 is 48.4 Å². The van der Waals surface area contributed by atoms with Crippen LogP contribution in [0.15, 0.2) is 241 Å². The first-order valence-corrected chi connectivity index (χ1v) is 40.9. The van der Waals surface area contributed by atoms with Gasteiger partial charge in [0, 0.05) is 155 Å². The molecule has 0 amide bonds. The average Bonchev–Trinajstić information content (AvgIpc) is 1.64. The standard InChI is InChI=1S/C23H19NO2.C21H17BrN2O2.2C18H15Cl2NO2.C17H13Cl2NO2/c1-15-20(21-14-19(23(25)26)11-12-22(21)24-15)13-16-7-9-18(10-8-16)17-5-3-2-4-6-17;1-12-16(17-9-13(21(25)26-2)7-8-18(17)24-12)10-19-20(22)15-6-4-3-5-14(15)11-23-19;1-11-9-21(10-13-3-5-14(19)8-16(13)20)17-7-12(18(22)23-2)4-6-15(11)17;1-10-14-6-4-12(18(22)23-2)8-17(14)21-16(10)7-11-3-5-13(19)9-15(11)20;1-9-14(6-10-2-4-12(18)8-15(10)19)13-5-3-11(17(21)22)7-16(13)20-9/h2-12,14,24H,13H2,1H3,(H,25,26);3-9,11,24H,10H2,1-2H3;3-9H,10H2,1-2H3;3-6,8-9,21H,7H2,1-2H3;2-5,7-8,20H,6H2,1H3,(H,21,22). The van der Waals surface area contributed by atoms with E-state index in [0.717, 1.165) is 149 Å². The third-order valence-corrected chi connectivity index (χ3v) is 23.7. The van der Waals surface area contributed by atoms with Crippen molar-refractivity contribution in [2.75, 3.05) is 21.3 Å². The van der Waals surface area contributed by atoms with E-state index in [0.29, 0.717) is 78.2 Å². The maximum atomic E-state index is 11.9. The first-order chi connectivity index (χ1) is 57.6. The number of hydrogen-bond donors (Lipinski definition) is 6. The van der Waals surface area contributed by atoms with E-state index in [-0.39, 0.29) is 23.5 Å². The van der Waals surface area contributed by atoms with Gasteiger partial charge in [0.1, 0.15) is 0 Å². The van der Waals surface area contributed by atoms with E-state index in [9.17, 15) is 29.1 Å². The number of halogens is 7. The Kier molecular flexibility index (Phi) is 27.2. The Hall–Kier alpha value is -11.9. The molecule has 0 aliphatic heterocycles. The van der Waals surface area contributed by atoms with E-state index in [1.54, 1.807) is 66.7 Å². The van der Waals surface area contributed by atoms with Gasteiger partial charge in [-0.15, -0.1) is 0 Å². The second-order valence-electron chi connectivity index (χ2n) is 28.8. The summed E-state index contributed by atoms with van der Waals surface area (Å²) >= 11 is 40.3. The molecule has 23 heteroatoms. The van der Waals surface area contributed by atoms with Gasteiger partial charge < -0.3 is 48.9 Å². The fourth-order valence-electron chi connectivity index (χ4n) is 14.7. The van der Waals surface area contributed by atoms with Crippen LogP contribution in [0, 0.1) is 34.6 Å². The summed E-state index contributed by atoms with van der Waals surface area (Å²) in [6, 6.07) is 70.4. The molecule has 17 aromatic rings. The molecule has 6 heterocycles. The van der Waals surface area contributed by atoms with Crippen LogP contribution < -0.4 is 0 Å². The molecule has 0 aliphatic rings. The molecular formula is C97H79BrCl6N6O10. The van der Waals surface area contributed by atoms with Gasteiger partial charge in [0.2, 0.25) is 0 Å².